The summed E-state index contributed by atoms with van der Waals surface area (Å²) in [4.78, 5) is 0.0981. The number of anilines is 1. The van der Waals surface area contributed by atoms with E-state index in [2.05, 4.69) is 0 Å². The van der Waals surface area contributed by atoms with Gasteiger partial charge in [-0.3, -0.25) is 0 Å². The number of nitrogen functional groups attached to an aromatic ring is 1. The van der Waals surface area contributed by atoms with Crippen LogP contribution in [-0.4, -0.2) is 15.5 Å². The third-order valence-corrected chi connectivity index (χ3v) is 4.57. The van der Waals surface area contributed by atoms with Crippen LogP contribution in [0.3, 0.4) is 0 Å². The van der Waals surface area contributed by atoms with E-state index in [1.807, 2.05) is 0 Å². The van der Waals surface area contributed by atoms with Gasteiger partial charge in [0, 0.05) is 11.3 Å². The summed E-state index contributed by atoms with van der Waals surface area (Å²) in [6.45, 7) is 0. The van der Waals surface area contributed by atoms with E-state index in [9.17, 15) is 12.8 Å². The maximum absolute atomic E-state index is 13.7. The van der Waals surface area contributed by atoms with Gasteiger partial charge in [-0.2, -0.15) is 0 Å². The summed E-state index contributed by atoms with van der Waals surface area (Å²) in [5, 5.41) is 0. The van der Waals surface area contributed by atoms with Crippen LogP contribution in [0, 0.1) is 5.82 Å². The highest BCUT2D eigenvalue weighted by atomic mass is 32.2. The summed E-state index contributed by atoms with van der Waals surface area (Å²) in [5.41, 5.74) is 5.74. The van der Waals surface area contributed by atoms with Crippen LogP contribution in [0.4, 0.5) is 10.1 Å². The van der Waals surface area contributed by atoms with Crippen molar-refractivity contribution in [2.45, 2.75) is 10.6 Å². The molecule has 0 atom stereocenters. The highest BCUT2D eigenvalue weighted by Crippen LogP contribution is 2.24. The van der Waals surface area contributed by atoms with Crippen molar-refractivity contribution in [2.24, 2.45) is 0 Å². The van der Waals surface area contributed by atoms with E-state index in [1.54, 1.807) is 0 Å². The van der Waals surface area contributed by atoms with Crippen LogP contribution in [-0.2, 0) is 15.6 Å². The Morgan fingerprint density at radius 3 is 2.35 bits per heavy atom. The Kier molecular flexibility index (Phi) is 3.94. The summed E-state index contributed by atoms with van der Waals surface area (Å²) < 4.78 is 43.1. The Balaban J connectivity index is 2.35. The summed E-state index contributed by atoms with van der Waals surface area (Å²) in [7, 11) is -2.17. The number of benzene rings is 2. The molecule has 6 heteroatoms. The smallest absolute Gasteiger partial charge is 0.182 e. The van der Waals surface area contributed by atoms with E-state index in [0.717, 1.165) is 0 Å². The van der Waals surface area contributed by atoms with Crippen molar-refractivity contribution in [3.8, 4) is 5.75 Å². The van der Waals surface area contributed by atoms with E-state index in [4.69, 9.17) is 10.5 Å². The van der Waals surface area contributed by atoms with Crippen molar-refractivity contribution in [2.75, 3.05) is 12.8 Å². The molecule has 0 radical (unpaired) electrons. The van der Waals surface area contributed by atoms with Crippen molar-refractivity contribution in [1.82, 2.24) is 0 Å². The predicted molar refractivity (Wildman–Crippen MR) is 74.7 cm³/mol. The van der Waals surface area contributed by atoms with E-state index in [1.165, 1.54) is 49.6 Å². The number of rotatable bonds is 4. The van der Waals surface area contributed by atoms with Gasteiger partial charge in [0.05, 0.1) is 17.8 Å². The van der Waals surface area contributed by atoms with Gasteiger partial charge in [0.2, 0.25) is 0 Å². The van der Waals surface area contributed by atoms with Crippen molar-refractivity contribution >= 4 is 15.5 Å². The van der Waals surface area contributed by atoms with Gasteiger partial charge in [0.15, 0.2) is 9.84 Å². The number of hydrogen-bond donors (Lipinski definition) is 1. The molecule has 2 rings (SSSR count). The molecule has 0 spiro atoms. The van der Waals surface area contributed by atoms with Crippen LogP contribution in [0.2, 0.25) is 0 Å². The second-order valence-electron chi connectivity index (χ2n) is 4.24. The molecule has 2 aromatic carbocycles. The lowest BCUT2D eigenvalue weighted by atomic mass is 10.2. The van der Waals surface area contributed by atoms with Crippen LogP contribution in [0.1, 0.15) is 5.56 Å². The second kappa shape index (κ2) is 5.50. The number of halogens is 1. The molecule has 0 aliphatic rings. The molecule has 0 aliphatic heterocycles. The Hall–Kier alpha value is -2.08. The summed E-state index contributed by atoms with van der Waals surface area (Å²) in [6.07, 6.45) is 0. The Bertz CT molecular complexity index is 691. The fourth-order valence-electron chi connectivity index (χ4n) is 1.78. The lowest BCUT2D eigenvalue weighted by Crippen LogP contribution is -2.08. The Morgan fingerprint density at radius 1 is 1.15 bits per heavy atom. The largest absolute Gasteiger partial charge is 0.497 e. The molecule has 2 N–H and O–H groups in total. The van der Waals surface area contributed by atoms with Gasteiger partial charge in [-0.25, -0.2) is 12.8 Å². The van der Waals surface area contributed by atoms with Gasteiger partial charge >= 0.3 is 0 Å². The minimum atomic E-state index is -3.66. The first kappa shape index (κ1) is 14.3. The molecule has 4 nitrogen and oxygen atoms in total. The molecule has 0 saturated carbocycles. The maximum Gasteiger partial charge on any atom is 0.182 e. The fourth-order valence-corrected chi connectivity index (χ4v) is 3.19. The van der Waals surface area contributed by atoms with Gasteiger partial charge in [0.25, 0.3) is 0 Å². The average Bonchev–Trinajstić information content (AvgIpc) is 2.43. The van der Waals surface area contributed by atoms with E-state index < -0.39 is 21.4 Å². The van der Waals surface area contributed by atoms with Crippen LogP contribution in [0.15, 0.2) is 47.4 Å². The van der Waals surface area contributed by atoms with Crippen LogP contribution >= 0.6 is 0 Å². The molecule has 0 saturated heterocycles. The van der Waals surface area contributed by atoms with E-state index in [-0.39, 0.29) is 16.1 Å². The molecule has 2 aromatic rings. The predicted octanol–water partition coefficient (Wildman–Crippen LogP) is 2.39. The molecular weight excluding hydrogens is 281 g/mol. The fraction of sp³-hybridized carbons (Fsp3) is 0.143. The molecule has 0 aromatic heterocycles. The van der Waals surface area contributed by atoms with Gasteiger partial charge in [-0.1, -0.05) is 6.07 Å². The summed E-state index contributed by atoms with van der Waals surface area (Å²) in [5.74, 6) is -0.547. The lowest BCUT2D eigenvalue weighted by molar-refractivity contribution is 0.414. The third kappa shape index (κ3) is 2.91. The quantitative estimate of drug-likeness (QED) is 0.879. The van der Waals surface area contributed by atoms with Crippen LogP contribution in [0.5, 0.6) is 5.75 Å². The van der Waals surface area contributed by atoms with Crippen molar-refractivity contribution < 1.29 is 17.5 Å². The highest BCUT2D eigenvalue weighted by molar-refractivity contribution is 7.90. The van der Waals surface area contributed by atoms with Crippen LogP contribution < -0.4 is 10.5 Å². The first-order chi connectivity index (χ1) is 9.44. The zero-order chi connectivity index (χ0) is 14.8. The zero-order valence-corrected chi connectivity index (χ0v) is 11.7. The van der Waals surface area contributed by atoms with Gasteiger partial charge < -0.3 is 10.5 Å². The number of sulfone groups is 1. The zero-order valence-electron chi connectivity index (χ0n) is 10.8. The molecule has 0 bridgehead atoms. The minimum absolute atomic E-state index is 0.0108. The molecule has 0 fully saturated rings. The van der Waals surface area contributed by atoms with Gasteiger partial charge in [-0.15, -0.1) is 0 Å². The van der Waals surface area contributed by atoms with Gasteiger partial charge in [0.1, 0.15) is 11.6 Å². The average molecular weight is 295 g/mol. The summed E-state index contributed by atoms with van der Waals surface area (Å²) >= 11 is 0. The molecule has 0 unspecified atom stereocenters. The normalized spacial score (nSPS) is 11.3. The molecule has 0 amide bonds. The third-order valence-electron chi connectivity index (χ3n) is 2.91. The second-order valence-corrected chi connectivity index (χ2v) is 6.23. The maximum atomic E-state index is 13.7. The number of methoxy groups -OCH3 is 1. The van der Waals surface area contributed by atoms with Crippen molar-refractivity contribution in [3.05, 3.63) is 53.8 Å². The van der Waals surface area contributed by atoms with Crippen molar-refractivity contribution in [1.29, 1.82) is 0 Å². The molecule has 106 valence electrons. The number of hydrogen-bond acceptors (Lipinski definition) is 4. The summed E-state index contributed by atoms with van der Waals surface area (Å²) in [6, 6.07) is 10.0. The first-order valence-corrected chi connectivity index (χ1v) is 7.49. The molecule has 20 heavy (non-hydrogen) atoms. The molecule has 0 aliphatic carbocycles. The monoisotopic (exact) mass is 295 g/mol. The highest BCUT2D eigenvalue weighted by Gasteiger charge is 2.19. The molecular formula is C14H14FNO3S. The SMILES string of the molecule is COc1ccc(S(=O)(=O)Cc2c(N)cccc2F)cc1. The van der Waals surface area contributed by atoms with Gasteiger partial charge in [-0.05, 0) is 36.4 Å². The Morgan fingerprint density at radius 2 is 1.80 bits per heavy atom. The minimum Gasteiger partial charge on any atom is -0.497 e. The van der Waals surface area contributed by atoms with E-state index in [0.29, 0.717) is 5.75 Å². The first-order valence-electron chi connectivity index (χ1n) is 5.84. The van der Waals surface area contributed by atoms with Crippen LogP contribution in [0.25, 0.3) is 0 Å². The lowest BCUT2D eigenvalue weighted by Gasteiger charge is -2.09. The topological polar surface area (TPSA) is 69.4 Å². The Labute approximate surface area is 116 Å². The molecule has 0 heterocycles. The number of ether oxygens (including phenoxy) is 1. The van der Waals surface area contributed by atoms with Crippen molar-refractivity contribution in [3.63, 3.8) is 0 Å². The number of nitrogens with two attached hydrogens (primary N) is 1. The standard InChI is InChI=1S/C14H14FNO3S/c1-19-10-5-7-11(8-6-10)20(17,18)9-12-13(15)3-2-4-14(12)16/h2-8H,9,16H2,1H3. The van der Waals surface area contributed by atoms with E-state index >= 15 is 0 Å².